The van der Waals surface area contributed by atoms with E-state index >= 15 is 0 Å². The molecule has 0 amide bonds. The molecule has 0 unspecified atom stereocenters. The Morgan fingerprint density at radius 3 is 1.68 bits per heavy atom. The lowest BCUT2D eigenvalue weighted by molar-refractivity contribution is 0.667. The molecule has 1 aliphatic rings. The molecule has 5 aromatic carbocycles. The molecule has 1 aliphatic carbocycles. The summed E-state index contributed by atoms with van der Waals surface area (Å²) < 4.78 is 0. The zero-order chi connectivity index (χ0) is 24.9. The first-order valence-electron chi connectivity index (χ1n) is 13.0. The van der Waals surface area contributed by atoms with Crippen molar-refractivity contribution in [3.8, 4) is 11.1 Å². The van der Waals surface area contributed by atoms with Crippen LogP contribution in [0, 0.1) is 0 Å². The standard InChI is InChI=1S/C27H20.C3H8.2C2H6/c1-27(2)25-15-19-12-11-17-7-3-5-9-20(17)23(19)16-24(25)22-14-13-18-8-4-6-10-21(18)26(22)27;1-3-2;2*1-2/h3-16H,1-2H3;3H2,1-2H3;2*1-2H3. The lowest BCUT2D eigenvalue weighted by atomic mass is 9.79. The molecule has 6 rings (SSSR count). The van der Waals surface area contributed by atoms with Gasteiger partial charge < -0.3 is 0 Å². The fourth-order valence-electron chi connectivity index (χ4n) is 5.10. The van der Waals surface area contributed by atoms with Crippen LogP contribution >= 0.6 is 0 Å². The van der Waals surface area contributed by atoms with E-state index < -0.39 is 0 Å². The van der Waals surface area contributed by atoms with Crippen molar-refractivity contribution in [3.05, 3.63) is 96.1 Å². The quantitative estimate of drug-likeness (QED) is 0.207. The van der Waals surface area contributed by atoms with Crippen LogP contribution in [0.2, 0.25) is 0 Å². The summed E-state index contributed by atoms with van der Waals surface area (Å²) in [5.74, 6) is 0. The summed E-state index contributed by atoms with van der Waals surface area (Å²) in [4.78, 5) is 0. The van der Waals surface area contributed by atoms with Crippen molar-refractivity contribution in [1.82, 2.24) is 0 Å². The molecule has 0 N–H and O–H groups in total. The molecule has 0 bridgehead atoms. The van der Waals surface area contributed by atoms with Gasteiger partial charge in [-0.3, -0.25) is 0 Å². The van der Waals surface area contributed by atoms with Gasteiger partial charge in [0.05, 0.1) is 0 Å². The molecule has 0 radical (unpaired) electrons. The van der Waals surface area contributed by atoms with Crippen molar-refractivity contribution in [2.45, 2.75) is 67.2 Å². The Labute approximate surface area is 206 Å². The monoisotopic (exact) mass is 448 g/mol. The third-order valence-electron chi connectivity index (χ3n) is 6.40. The molecule has 176 valence electrons. The summed E-state index contributed by atoms with van der Waals surface area (Å²) in [6, 6.07) is 31.4. The summed E-state index contributed by atoms with van der Waals surface area (Å²) >= 11 is 0. The van der Waals surface area contributed by atoms with Gasteiger partial charge in [-0.15, -0.1) is 0 Å². The van der Waals surface area contributed by atoms with Crippen LogP contribution in [0.4, 0.5) is 0 Å². The van der Waals surface area contributed by atoms with Crippen LogP contribution in [0.25, 0.3) is 43.4 Å². The van der Waals surface area contributed by atoms with E-state index in [9.17, 15) is 0 Å². The number of benzene rings is 5. The van der Waals surface area contributed by atoms with Crippen LogP contribution in [-0.2, 0) is 5.41 Å². The van der Waals surface area contributed by atoms with Crippen LogP contribution in [0.15, 0.2) is 84.9 Å². The molecular weight excluding hydrogens is 408 g/mol. The Balaban J connectivity index is 0.000000423. The Morgan fingerprint density at radius 1 is 0.529 bits per heavy atom. The number of hydrogen-bond donors (Lipinski definition) is 0. The van der Waals surface area contributed by atoms with E-state index in [1.54, 1.807) is 0 Å². The highest BCUT2D eigenvalue weighted by atomic mass is 14.4. The first kappa shape index (κ1) is 25.5. The molecule has 0 saturated carbocycles. The Morgan fingerprint density at radius 2 is 1.03 bits per heavy atom. The molecule has 34 heavy (non-hydrogen) atoms. The van der Waals surface area contributed by atoms with E-state index in [2.05, 4.69) is 113 Å². The molecule has 0 saturated heterocycles. The smallest absolute Gasteiger partial charge is 0.0165 e. The fraction of sp³-hybridized carbons (Fsp3) is 0.294. The van der Waals surface area contributed by atoms with Crippen molar-refractivity contribution in [1.29, 1.82) is 0 Å². The summed E-state index contributed by atoms with van der Waals surface area (Å²) in [5.41, 5.74) is 5.70. The molecule has 5 aromatic rings. The van der Waals surface area contributed by atoms with Gasteiger partial charge in [0, 0.05) is 5.41 Å². The van der Waals surface area contributed by atoms with Crippen LogP contribution in [-0.4, -0.2) is 0 Å². The lowest BCUT2D eigenvalue weighted by Crippen LogP contribution is -2.15. The summed E-state index contributed by atoms with van der Waals surface area (Å²) in [5, 5.41) is 8.03. The lowest BCUT2D eigenvalue weighted by Gasteiger charge is -2.23. The first-order valence-corrected chi connectivity index (χ1v) is 13.0. The molecule has 0 aromatic heterocycles. The maximum Gasteiger partial charge on any atom is 0.0165 e. The molecule has 0 heterocycles. The second kappa shape index (κ2) is 10.9. The highest BCUT2D eigenvalue weighted by molar-refractivity contribution is 6.10. The van der Waals surface area contributed by atoms with Crippen molar-refractivity contribution >= 4 is 32.3 Å². The minimum atomic E-state index is 0.00532. The predicted molar refractivity (Wildman–Crippen MR) is 155 cm³/mol. The second-order valence-corrected chi connectivity index (χ2v) is 8.95. The van der Waals surface area contributed by atoms with Crippen molar-refractivity contribution in [2.24, 2.45) is 0 Å². The maximum absolute atomic E-state index is 2.43. The molecular formula is C34H40. The van der Waals surface area contributed by atoms with Crippen LogP contribution in [0.3, 0.4) is 0 Å². The Bertz CT molecular complexity index is 1400. The zero-order valence-corrected chi connectivity index (χ0v) is 22.3. The van der Waals surface area contributed by atoms with Crippen LogP contribution in [0.5, 0.6) is 0 Å². The molecule has 0 spiro atoms. The molecule has 0 atom stereocenters. The van der Waals surface area contributed by atoms with Crippen LogP contribution < -0.4 is 0 Å². The minimum absolute atomic E-state index is 0.00532. The normalized spacial score (nSPS) is 12.5. The van der Waals surface area contributed by atoms with Crippen LogP contribution in [0.1, 0.15) is 72.9 Å². The van der Waals surface area contributed by atoms with Gasteiger partial charge in [-0.05, 0) is 66.7 Å². The zero-order valence-electron chi connectivity index (χ0n) is 22.3. The molecule has 0 nitrogen and oxygen atoms in total. The van der Waals surface area contributed by atoms with E-state index in [1.165, 1.54) is 61.0 Å². The van der Waals surface area contributed by atoms with Gasteiger partial charge in [0.2, 0.25) is 0 Å². The van der Waals surface area contributed by atoms with E-state index in [-0.39, 0.29) is 5.41 Å². The third-order valence-corrected chi connectivity index (χ3v) is 6.40. The minimum Gasteiger partial charge on any atom is -0.0683 e. The number of fused-ring (bicyclic) bond motifs is 8. The number of rotatable bonds is 0. The fourth-order valence-corrected chi connectivity index (χ4v) is 5.10. The van der Waals surface area contributed by atoms with Gasteiger partial charge in [0.1, 0.15) is 0 Å². The molecule has 0 fully saturated rings. The van der Waals surface area contributed by atoms with Gasteiger partial charge in [-0.2, -0.15) is 0 Å². The van der Waals surface area contributed by atoms with Crippen molar-refractivity contribution < 1.29 is 0 Å². The second-order valence-electron chi connectivity index (χ2n) is 8.95. The van der Waals surface area contributed by atoms with Crippen molar-refractivity contribution in [3.63, 3.8) is 0 Å². The Kier molecular flexibility index (Phi) is 8.15. The molecule has 0 heteroatoms. The van der Waals surface area contributed by atoms with E-state index in [0.29, 0.717) is 0 Å². The predicted octanol–water partition coefficient (Wildman–Crippen LogP) is 10.9. The first-order chi connectivity index (χ1) is 16.6. The Hall–Kier alpha value is -3.12. The average Bonchev–Trinajstić information content (AvgIpc) is 3.12. The van der Waals surface area contributed by atoms with E-state index in [1.807, 2.05) is 27.7 Å². The highest BCUT2D eigenvalue weighted by Gasteiger charge is 2.37. The van der Waals surface area contributed by atoms with Gasteiger partial charge in [-0.1, -0.05) is 135 Å². The summed E-state index contributed by atoms with van der Waals surface area (Å²) in [6.45, 7) is 17.0. The SMILES string of the molecule is CC.CC.CC1(C)c2cc3ccc4ccccc4c3cc2-c2ccc3ccccc3c21.CCC. The largest absolute Gasteiger partial charge is 0.0683 e. The summed E-state index contributed by atoms with van der Waals surface area (Å²) in [7, 11) is 0. The number of hydrogen-bond acceptors (Lipinski definition) is 0. The van der Waals surface area contributed by atoms with Gasteiger partial charge in [0.25, 0.3) is 0 Å². The summed E-state index contributed by atoms with van der Waals surface area (Å²) in [6.07, 6.45) is 1.25. The van der Waals surface area contributed by atoms with Gasteiger partial charge in [0.15, 0.2) is 0 Å². The third kappa shape index (κ3) is 4.23. The van der Waals surface area contributed by atoms with E-state index in [4.69, 9.17) is 0 Å². The van der Waals surface area contributed by atoms with Gasteiger partial charge >= 0.3 is 0 Å². The molecule has 0 aliphatic heterocycles. The van der Waals surface area contributed by atoms with Crippen molar-refractivity contribution in [2.75, 3.05) is 0 Å². The highest BCUT2D eigenvalue weighted by Crippen LogP contribution is 2.52. The maximum atomic E-state index is 2.43. The van der Waals surface area contributed by atoms with E-state index in [0.717, 1.165) is 0 Å². The van der Waals surface area contributed by atoms with Gasteiger partial charge in [-0.25, -0.2) is 0 Å². The topological polar surface area (TPSA) is 0 Å². The average molecular weight is 449 g/mol.